The van der Waals surface area contributed by atoms with Crippen LogP contribution in [-0.4, -0.2) is 16.5 Å². The Labute approximate surface area is 116 Å². The molecule has 1 unspecified atom stereocenters. The van der Waals surface area contributed by atoms with Crippen molar-refractivity contribution in [1.82, 2.24) is 15.3 Å². The number of hydrogen-bond acceptors (Lipinski definition) is 2. The second-order valence-electron chi connectivity index (χ2n) is 5.27. The lowest BCUT2D eigenvalue weighted by Crippen LogP contribution is -2.27. The molecular formula is C15H17F2N3. The fraction of sp³-hybridized carbons (Fsp3) is 0.400. The Morgan fingerprint density at radius 2 is 2.05 bits per heavy atom. The van der Waals surface area contributed by atoms with Crippen LogP contribution in [-0.2, 0) is 0 Å². The summed E-state index contributed by atoms with van der Waals surface area (Å²) < 4.78 is 27.5. The Bertz CT molecular complexity index is 616. The molecule has 1 aromatic carbocycles. The summed E-state index contributed by atoms with van der Waals surface area (Å²) >= 11 is 0. The van der Waals surface area contributed by atoms with Crippen molar-refractivity contribution >= 4 is 0 Å². The van der Waals surface area contributed by atoms with Crippen LogP contribution in [0, 0.1) is 18.6 Å². The molecule has 20 heavy (non-hydrogen) atoms. The van der Waals surface area contributed by atoms with Crippen LogP contribution in [0.3, 0.4) is 0 Å². The highest BCUT2D eigenvalue weighted by atomic mass is 19.1. The van der Waals surface area contributed by atoms with Crippen LogP contribution in [0.4, 0.5) is 8.78 Å². The Balaban J connectivity index is 1.91. The van der Waals surface area contributed by atoms with Crippen molar-refractivity contribution in [3.8, 4) is 11.3 Å². The summed E-state index contributed by atoms with van der Waals surface area (Å²) in [5.41, 5.74) is 1.05. The SMILES string of the molecule is Cc1cc(F)c(-c2cnc(C3CCCCN3)[nH]2)cc1F. The van der Waals surface area contributed by atoms with E-state index < -0.39 is 11.6 Å². The van der Waals surface area contributed by atoms with E-state index in [9.17, 15) is 8.78 Å². The maximum Gasteiger partial charge on any atom is 0.133 e. The summed E-state index contributed by atoms with van der Waals surface area (Å²) in [6, 6.07) is 2.61. The molecule has 106 valence electrons. The summed E-state index contributed by atoms with van der Waals surface area (Å²) in [4.78, 5) is 7.41. The average molecular weight is 277 g/mol. The van der Waals surface area contributed by atoms with Gasteiger partial charge in [-0.25, -0.2) is 13.8 Å². The van der Waals surface area contributed by atoms with Crippen molar-refractivity contribution in [3.05, 3.63) is 41.4 Å². The first-order valence-electron chi connectivity index (χ1n) is 6.89. The summed E-state index contributed by atoms with van der Waals surface area (Å²) in [7, 11) is 0. The monoisotopic (exact) mass is 277 g/mol. The molecule has 1 aliphatic heterocycles. The predicted molar refractivity (Wildman–Crippen MR) is 73.3 cm³/mol. The molecule has 1 atom stereocenters. The van der Waals surface area contributed by atoms with Crippen molar-refractivity contribution < 1.29 is 8.78 Å². The fourth-order valence-corrected chi connectivity index (χ4v) is 2.59. The molecular weight excluding hydrogens is 260 g/mol. The Hall–Kier alpha value is -1.75. The number of aromatic nitrogens is 2. The van der Waals surface area contributed by atoms with Gasteiger partial charge >= 0.3 is 0 Å². The molecule has 3 rings (SSSR count). The third-order valence-corrected chi connectivity index (χ3v) is 3.77. The zero-order chi connectivity index (χ0) is 14.1. The first-order chi connectivity index (χ1) is 9.65. The number of nitrogens with zero attached hydrogens (tertiary/aromatic N) is 1. The van der Waals surface area contributed by atoms with Crippen molar-refractivity contribution in [2.75, 3.05) is 6.54 Å². The van der Waals surface area contributed by atoms with Gasteiger partial charge in [0.15, 0.2) is 0 Å². The molecule has 1 aromatic heterocycles. The number of imidazole rings is 1. The topological polar surface area (TPSA) is 40.7 Å². The second kappa shape index (κ2) is 5.32. The molecule has 0 saturated carbocycles. The van der Waals surface area contributed by atoms with E-state index in [-0.39, 0.29) is 11.6 Å². The van der Waals surface area contributed by atoms with Gasteiger partial charge in [-0.3, -0.25) is 0 Å². The maximum absolute atomic E-state index is 13.9. The van der Waals surface area contributed by atoms with E-state index in [0.29, 0.717) is 11.3 Å². The van der Waals surface area contributed by atoms with Crippen molar-refractivity contribution in [1.29, 1.82) is 0 Å². The minimum absolute atomic E-state index is 0.177. The van der Waals surface area contributed by atoms with E-state index in [1.807, 2.05) is 0 Å². The van der Waals surface area contributed by atoms with Crippen LogP contribution in [0.5, 0.6) is 0 Å². The lowest BCUT2D eigenvalue weighted by Gasteiger charge is -2.21. The summed E-state index contributed by atoms with van der Waals surface area (Å²) in [5.74, 6) is -0.0517. The molecule has 0 spiro atoms. The van der Waals surface area contributed by atoms with Crippen LogP contribution in [0.25, 0.3) is 11.3 Å². The van der Waals surface area contributed by atoms with Crippen molar-refractivity contribution in [2.24, 2.45) is 0 Å². The van der Waals surface area contributed by atoms with Gasteiger partial charge in [-0.2, -0.15) is 0 Å². The quantitative estimate of drug-likeness (QED) is 0.882. The van der Waals surface area contributed by atoms with Gasteiger partial charge in [0.1, 0.15) is 17.5 Å². The highest BCUT2D eigenvalue weighted by Gasteiger charge is 2.19. The smallest absolute Gasteiger partial charge is 0.133 e. The summed E-state index contributed by atoms with van der Waals surface area (Å²) in [6.45, 7) is 2.51. The fourth-order valence-electron chi connectivity index (χ4n) is 2.59. The lowest BCUT2D eigenvalue weighted by molar-refractivity contribution is 0.399. The van der Waals surface area contributed by atoms with E-state index in [0.717, 1.165) is 25.2 Å². The van der Waals surface area contributed by atoms with Crippen LogP contribution in [0.2, 0.25) is 0 Å². The van der Waals surface area contributed by atoms with Crippen LogP contribution in [0.15, 0.2) is 18.3 Å². The molecule has 1 aliphatic rings. The van der Waals surface area contributed by atoms with Gasteiger partial charge in [0, 0.05) is 5.56 Å². The lowest BCUT2D eigenvalue weighted by atomic mass is 10.0. The molecule has 0 amide bonds. The molecule has 0 aliphatic carbocycles. The Kier molecular flexibility index (Phi) is 3.53. The molecule has 2 N–H and O–H groups in total. The Morgan fingerprint density at radius 3 is 2.80 bits per heavy atom. The van der Waals surface area contributed by atoms with Gasteiger partial charge < -0.3 is 10.3 Å². The summed E-state index contributed by atoms with van der Waals surface area (Å²) in [5, 5.41) is 3.37. The molecule has 0 bridgehead atoms. The van der Waals surface area contributed by atoms with E-state index in [1.165, 1.54) is 18.6 Å². The van der Waals surface area contributed by atoms with E-state index in [2.05, 4.69) is 15.3 Å². The summed E-state index contributed by atoms with van der Waals surface area (Å²) in [6.07, 6.45) is 4.90. The minimum Gasteiger partial charge on any atom is -0.341 e. The molecule has 2 aromatic rings. The largest absolute Gasteiger partial charge is 0.341 e. The van der Waals surface area contributed by atoms with Gasteiger partial charge in [-0.1, -0.05) is 6.42 Å². The standard InChI is InChI=1S/C15H17F2N3/c1-9-6-12(17)10(7-11(9)16)14-8-19-15(20-14)13-4-2-3-5-18-13/h6-8,13,18H,2-5H2,1H3,(H,19,20). The van der Waals surface area contributed by atoms with Gasteiger partial charge in [0.2, 0.25) is 0 Å². The molecule has 5 heteroatoms. The number of halogens is 2. The van der Waals surface area contributed by atoms with Gasteiger partial charge in [0.05, 0.1) is 17.9 Å². The first-order valence-corrected chi connectivity index (χ1v) is 6.89. The number of H-pyrrole nitrogens is 1. The van der Waals surface area contributed by atoms with E-state index in [4.69, 9.17) is 0 Å². The number of aromatic amines is 1. The zero-order valence-electron chi connectivity index (χ0n) is 11.3. The number of aryl methyl sites for hydroxylation is 1. The van der Waals surface area contributed by atoms with Crippen LogP contribution < -0.4 is 5.32 Å². The minimum atomic E-state index is -0.435. The Morgan fingerprint density at radius 1 is 1.20 bits per heavy atom. The van der Waals surface area contributed by atoms with Crippen molar-refractivity contribution in [3.63, 3.8) is 0 Å². The number of rotatable bonds is 2. The number of nitrogens with one attached hydrogen (secondary N) is 2. The first kappa shape index (κ1) is 13.2. The van der Waals surface area contributed by atoms with Crippen molar-refractivity contribution in [2.45, 2.75) is 32.2 Å². The maximum atomic E-state index is 13.9. The molecule has 0 radical (unpaired) electrons. The molecule has 1 saturated heterocycles. The van der Waals surface area contributed by atoms with E-state index >= 15 is 0 Å². The highest BCUT2D eigenvalue weighted by molar-refractivity contribution is 5.60. The van der Waals surface area contributed by atoms with Crippen LogP contribution >= 0.6 is 0 Å². The zero-order valence-corrected chi connectivity index (χ0v) is 11.3. The van der Waals surface area contributed by atoms with E-state index in [1.54, 1.807) is 13.1 Å². The number of benzene rings is 1. The van der Waals surface area contributed by atoms with Gasteiger partial charge in [-0.15, -0.1) is 0 Å². The predicted octanol–water partition coefficient (Wildman–Crippen LogP) is 3.48. The van der Waals surface area contributed by atoms with Crippen LogP contribution in [0.1, 0.15) is 36.7 Å². The normalized spacial score (nSPS) is 19.2. The highest BCUT2D eigenvalue weighted by Crippen LogP contribution is 2.27. The second-order valence-corrected chi connectivity index (χ2v) is 5.27. The molecule has 1 fully saturated rings. The average Bonchev–Trinajstić information content (AvgIpc) is 2.93. The van der Waals surface area contributed by atoms with Gasteiger partial charge in [-0.05, 0) is 44.0 Å². The number of hydrogen-bond donors (Lipinski definition) is 2. The third kappa shape index (κ3) is 2.45. The molecule has 2 heterocycles. The van der Waals surface area contributed by atoms with Gasteiger partial charge in [0.25, 0.3) is 0 Å². The molecule has 3 nitrogen and oxygen atoms in total. The third-order valence-electron chi connectivity index (χ3n) is 3.77. The number of piperidine rings is 1.